The van der Waals surface area contributed by atoms with Crippen molar-refractivity contribution in [2.24, 2.45) is 0 Å². The van der Waals surface area contributed by atoms with Gasteiger partial charge in [0.05, 0.1) is 0 Å². The molecule has 6 heteroatoms. The number of rotatable bonds is 44. The second-order valence-electron chi connectivity index (χ2n) is 16.3. The van der Waals surface area contributed by atoms with Gasteiger partial charge in [-0.25, -0.2) is 0 Å². The first-order chi connectivity index (χ1) is 29.0. The van der Waals surface area contributed by atoms with E-state index in [4.69, 9.17) is 14.2 Å². The van der Waals surface area contributed by atoms with Gasteiger partial charge in [0.25, 0.3) is 0 Å². The van der Waals surface area contributed by atoms with E-state index in [2.05, 4.69) is 69.4 Å². The third-order valence-electron chi connectivity index (χ3n) is 10.5. The quantitative estimate of drug-likeness (QED) is 0.0263. The molecule has 0 rings (SSSR count). The van der Waals surface area contributed by atoms with Gasteiger partial charge in [-0.1, -0.05) is 210 Å². The van der Waals surface area contributed by atoms with Gasteiger partial charge in [0.15, 0.2) is 6.10 Å². The lowest BCUT2D eigenvalue weighted by atomic mass is 10.0. The van der Waals surface area contributed by atoms with E-state index in [0.29, 0.717) is 19.3 Å². The highest BCUT2D eigenvalue weighted by molar-refractivity contribution is 5.71. The minimum absolute atomic E-state index is 0.103. The summed E-state index contributed by atoms with van der Waals surface area (Å²) in [5.74, 6) is -0.992. The summed E-state index contributed by atoms with van der Waals surface area (Å²) in [5, 5.41) is 0. The Bertz CT molecular complexity index is 1090. The van der Waals surface area contributed by atoms with Crippen molar-refractivity contribution in [2.45, 2.75) is 245 Å². The Morgan fingerprint density at radius 2 is 0.695 bits per heavy atom. The fourth-order valence-corrected chi connectivity index (χ4v) is 6.80. The molecule has 0 spiro atoms. The average molecular weight is 825 g/mol. The molecule has 1 unspecified atom stereocenters. The van der Waals surface area contributed by atoms with Crippen molar-refractivity contribution in [3.8, 4) is 0 Å². The van der Waals surface area contributed by atoms with E-state index in [1.165, 1.54) is 122 Å². The van der Waals surface area contributed by atoms with Gasteiger partial charge in [0, 0.05) is 19.3 Å². The summed E-state index contributed by atoms with van der Waals surface area (Å²) in [6.07, 6.45) is 57.9. The Hall–Kier alpha value is -2.89. The topological polar surface area (TPSA) is 78.9 Å². The second kappa shape index (κ2) is 47.8. The SMILES string of the molecule is CC/C=C\C/C=C\C/C=C\C/C=C\CCC(=O)OC(COC(=O)CCCCCCC/C=C\CCCCCCCC)COC(=O)CCCCCCCCCCCCCCC. The first-order valence-electron chi connectivity index (χ1n) is 24.8. The zero-order chi connectivity index (χ0) is 43.0. The van der Waals surface area contributed by atoms with Crippen LogP contribution in [0.25, 0.3) is 0 Å². The molecule has 0 aliphatic heterocycles. The van der Waals surface area contributed by atoms with Crippen molar-refractivity contribution in [2.75, 3.05) is 13.2 Å². The summed E-state index contributed by atoms with van der Waals surface area (Å²) in [6.45, 7) is 6.45. The van der Waals surface area contributed by atoms with Crippen LogP contribution < -0.4 is 0 Å². The van der Waals surface area contributed by atoms with E-state index in [1.54, 1.807) is 0 Å². The zero-order valence-electron chi connectivity index (χ0n) is 38.8. The molecule has 0 aliphatic carbocycles. The van der Waals surface area contributed by atoms with E-state index in [0.717, 1.165) is 70.6 Å². The maximum Gasteiger partial charge on any atom is 0.306 e. The van der Waals surface area contributed by atoms with Crippen LogP contribution in [0.2, 0.25) is 0 Å². The fourth-order valence-electron chi connectivity index (χ4n) is 6.80. The first-order valence-corrected chi connectivity index (χ1v) is 24.8. The van der Waals surface area contributed by atoms with Crippen molar-refractivity contribution >= 4 is 17.9 Å². The predicted molar refractivity (Wildman–Crippen MR) is 251 cm³/mol. The molecule has 0 aliphatic rings. The van der Waals surface area contributed by atoms with Crippen molar-refractivity contribution in [1.82, 2.24) is 0 Å². The van der Waals surface area contributed by atoms with Crippen molar-refractivity contribution in [3.05, 3.63) is 60.8 Å². The summed E-state index contributed by atoms with van der Waals surface area (Å²) in [5.41, 5.74) is 0. The number of carbonyl (C=O) groups is 3. The lowest BCUT2D eigenvalue weighted by molar-refractivity contribution is -0.166. The standard InChI is InChI=1S/C53H92O6/c1-4-7-10-13-16-19-22-25-26-29-31-34-37-40-43-46-52(55)58-49-50(59-53(56)47-44-41-38-35-32-28-24-21-18-15-12-9-6-3)48-57-51(54)45-42-39-36-33-30-27-23-20-17-14-11-8-5-2/h9,12,18,21,25-26,28,32,38,41,50H,4-8,10-11,13-17,19-20,22-24,27,29-31,33-37,39-40,42-49H2,1-3H3/b12-9-,21-18-,26-25-,32-28-,41-38-. The maximum atomic E-state index is 12.7. The molecule has 0 radical (unpaired) electrons. The third kappa shape index (κ3) is 46.0. The summed E-state index contributed by atoms with van der Waals surface area (Å²) >= 11 is 0. The van der Waals surface area contributed by atoms with Gasteiger partial charge in [-0.15, -0.1) is 0 Å². The van der Waals surface area contributed by atoms with Gasteiger partial charge in [-0.2, -0.15) is 0 Å². The molecular formula is C53H92O6. The average Bonchev–Trinajstić information content (AvgIpc) is 3.23. The maximum absolute atomic E-state index is 12.7. The van der Waals surface area contributed by atoms with Crippen LogP contribution in [0.1, 0.15) is 239 Å². The highest BCUT2D eigenvalue weighted by atomic mass is 16.6. The van der Waals surface area contributed by atoms with Gasteiger partial charge >= 0.3 is 17.9 Å². The molecule has 0 heterocycles. The molecule has 0 fully saturated rings. The van der Waals surface area contributed by atoms with E-state index in [1.807, 2.05) is 12.2 Å². The summed E-state index contributed by atoms with van der Waals surface area (Å²) in [4.78, 5) is 37.8. The molecule has 0 aromatic carbocycles. The molecule has 0 saturated carbocycles. The number of carbonyl (C=O) groups excluding carboxylic acids is 3. The van der Waals surface area contributed by atoms with Crippen LogP contribution in [-0.4, -0.2) is 37.2 Å². The monoisotopic (exact) mass is 825 g/mol. The van der Waals surface area contributed by atoms with Crippen LogP contribution in [0, 0.1) is 0 Å². The largest absolute Gasteiger partial charge is 0.462 e. The Morgan fingerprint density at radius 3 is 1.10 bits per heavy atom. The van der Waals surface area contributed by atoms with E-state index >= 15 is 0 Å². The molecule has 0 amide bonds. The van der Waals surface area contributed by atoms with Crippen LogP contribution in [0.3, 0.4) is 0 Å². The van der Waals surface area contributed by atoms with Crippen molar-refractivity contribution in [1.29, 1.82) is 0 Å². The van der Waals surface area contributed by atoms with Gasteiger partial charge in [-0.3, -0.25) is 14.4 Å². The minimum atomic E-state index is -0.811. The van der Waals surface area contributed by atoms with Crippen LogP contribution in [0.15, 0.2) is 60.8 Å². The number of ether oxygens (including phenoxy) is 3. The Kier molecular flexibility index (Phi) is 45.4. The molecule has 340 valence electrons. The van der Waals surface area contributed by atoms with Gasteiger partial charge in [0.2, 0.25) is 0 Å². The van der Waals surface area contributed by atoms with Crippen molar-refractivity contribution in [3.63, 3.8) is 0 Å². The summed E-state index contributed by atoms with van der Waals surface area (Å²) < 4.78 is 16.7. The Balaban J connectivity index is 4.46. The van der Waals surface area contributed by atoms with E-state index in [9.17, 15) is 14.4 Å². The molecule has 0 aromatic heterocycles. The smallest absolute Gasteiger partial charge is 0.306 e. The number of esters is 3. The molecule has 6 nitrogen and oxygen atoms in total. The van der Waals surface area contributed by atoms with Gasteiger partial charge in [0.1, 0.15) is 13.2 Å². The number of hydrogen-bond donors (Lipinski definition) is 0. The molecule has 0 bridgehead atoms. The number of hydrogen-bond acceptors (Lipinski definition) is 6. The molecule has 1 atom stereocenters. The van der Waals surface area contributed by atoms with Crippen LogP contribution >= 0.6 is 0 Å². The number of unbranched alkanes of at least 4 members (excludes halogenated alkanes) is 23. The van der Waals surface area contributed by atoms with Crippen molar-refractivity contribution < 1.29 is 28.6 Å². The van der Waals surface area contributed by atoms with Crippen LogP contribution in [-0.2, 0) is 28.6 Å². The Morgan fingerprint density at radius 1 is 0.356 bits per heavy atom. The predicted octanol–water partition coefficient (Wildman–Crippen LogP) is 16.1. The van der Waals surface area contributed by atoms with Gasteiger partial charge < -0.3 is 14.2 Å². The lowest BCUT2D eigenvalue weighted by Gasteiger charge is -2.18. The molecule has 0 N–H and O–H groups in total. The molecule has 59 heavy (non-hydrogen) atoms. The normalized spacial score (nSPS) is 12.5. The number of allylic oxidation sites excluding steroid dienone is 10. The highest BCUT2D eigenvalue weighted by Crippen LogP contribution is 2.14. The van der Waals surface area contributed by atoms with E-state index in [-0.39, 0.29) is 31.6 Å². The lowest BCUT2D eigenvalue weighted by Crippen LogP contribution is -2.30. The summed E-state index contributed by atoms with van der Waals surface area (Å²) in [7, 11) is 0. The van der Waals surface area contributed by atoms with Crippen LogP contribution in [0.4, 0.5) is 0 Å². The zero-order valence-corrected chi connectivity index (χ0v) is 38.8. The molecule has 0 aromatic rings. The highest BCUT2D eigenvalue weighted by Gasteiger charge is 2.19. The summed E-state index contributed by atoms with van der Waals surface area (Å²) in [6, 6.07) is 0. The van der Waals surface area contributed by atoms with Crippen LogP contribution in [0.5, 0.6) is 0 Å². The molecule has 0 saturated heterocycles. The molecular weight excluding hydrogens is 733 g/mol. The fraction of sp³-hybridized carbons (Fsp3) is 0.755. The first kappa shape index (κ1) is 56.1. The third-order valence-corrected chi connectivity index (χ3v) is 10.5. The Labute approximate surface area is 364 Å². The minimum Gasteiger partial charge on any atom is -0.462 e. The second-order valence-corrected chi connectivity index (χ2v) is 16.3. The van der Waals surface area contributed by atoms with Gasteiger partial charge in [-0.05, 0) is 70.6 Å². The van der Waals surface area contributed by atoms with E-state index < -0.39 is 12.1 Å².